The summed E-state index contributed by atoms with van der Waals surface area (Å²) in [4.78, 5) is 40.4. The number of hydrogen-bond donors (Lipinski definition) is 0. The Kier molecular flexibility index (Phi) is 3.75. The van der Waals surface area contributed by atoms with Crippen LogP contribution in [0.25, 0.3) is 0 Å². The molecule has 0 aromatic heterocycles. The third-order valence-electron chi connectivity index (χ3n) is 7.03. The molecule has 1 aliphatic heterocycles. The minimum Gasteiger partial charge on any atom is -0.423 e. The molecule has 6 atom stereocenters. The van der Waals surface area contributed by atoms with Gasteiger partial charge in [-0.1, -0.05) is 29.8 Å². The maximum absolute atomic E-state index is 13.3. The number of imide groups is 1. The predicted octanol–water partition coefficient (Wildman–Crippen LogP) is 4.12. The summed E-state index contributed by atoms with van der Waals surface area (Å²) in [5.41, 5.74) is 0.708. The van der Waals surface area contributed by atoms with Crippen molar-refractivity contribution in [1.29, 1.82) is 0 Å². The average Bonchev–Trinajstić information content (AvgIpc) is 3.53. The molecule has 1 heterocycles. The lowest BCUT2D eigenvalue weighted by atomic mass is 9.63. The van der Waals surface area contributed by atoms with E-state index in [2.05, 4.69) is 12.2 Å². The van der Waals surface area contributed by atoms with Gasteiger partial charge in [0.25, 0.3) is 0 Å². The highest BCUT2D eigenvalue weighted by Crippen LogP contribution is 2.65. The van der Waals surface area contributed by atoms with Crippen LogP contribution in [-0.4, -0.2) is 17.8 Å². The molecule has 2 bridgehead atoms. The molecule has 6 heteroatoms. The summed E-state index contributed by atoms with van der Waals surface area (Å²) in [6.45, 7) is 0. The smallest absolute Gasteiger partial charge is 0.343 e. The van der Waals surface area contributed by atoms with E-state index >= 15 is 0 Å². The zero-order chi connectivity index (χ0) is 20.6. The molecule has 4 aliphatic carbocycles. The molecule has 30 heavy (non-hydrogen) atoms. The number of allylic oxidation sites excluding steroid dienone is 2. The first kappa shape index (κ1) is 17.9. The van der Waals surface area contributed by atoms with Gasteiger partial charge in [0.05, 0.1) is 23.1 Å². The highest BCUT2D eigenvalue weighted by molar-refractivity contribution is 6.30. The maximum Gasteiger partial charge on any atom is 0.343 e. The van der Waals surface area contributed by atoms with Crippen molar-refractivity contribution in [1.82, 2.24) is 0 Å². The molecule has 2 amide bonds. The Bertz CT molecular complexity index is 1090. The molecular formula is C24H18ClNO4. The monoisotopic (exact) mass is 419 g/mol. The van der Waals surface area contributed by atoms with Crippen LogP contribution in [0.4, 0.5) is 5.69 Å². The highest BCUT2D eigenvalue weighted by atomic mass is 35.5. The molecule has 2 saturated carbocycles. The number of carbonyl (C=O) groups is 3. The first-order valence-electron chi connectivity index (χ1n) is 10.2. The second-order valence-electron chi connectivity index (χ2n) is 8.56. The van der Waals surface area contributed by atoms with Crippen LogP contribution in [0.5, 0.6) is 5.75 Å². The first-order chi connectivity index (χ1) is 14.5. The number of rotatable bonds is 3. The molecule has 5 aliphatic rings. The van der Waals surface area contributed by atoms with E-state index < -0.39 is 5.97 Å². The van der Waals surface area contributed by atoms with Crippen LogP contribution in [0.2, 0.25) is 5.02 Å². The number of ether oxygens (including phenoxy) is 1. The number of esters is 1. The van der Waals surface area contributed by atoms with Crippen LogP contribution in [-0.2, 0) is 9.59 Å². The van der Waals surface area contributed by atoms with Crippen LogP contribution in [0, 0.1) is 35.5 Å². The van der Waals surface area contributed by atoms with Gasteiger partial charge in [0.15, 0.2) is 0 Å². The number of hydrogen-bond acceptors (Lipinski definition) is 4. The van der Waals surface area contributed by atoms with Gasteiger partial charge in [0.1, 0.15) is 5.75 Å². The third-order valence-corrected chi connectivity index (χ3v) is 7.28. The molecule has 150 valence electrons. The molecule has 0 spiro atoms. The molecule has 2 aromatic rings. The lowest BCUT2D eigenvalue weighted by Crippen LogP contribution is -2.40. The van der Waals surface area contributed by atoms with E-state index in [0.29, 0.717) is 28.3 Å². The fraction of sp³-hybridized carbons (Fsp3) is 0.292. The van der Waals surface area contributed by atoms with Crippen molar-refractivity contribution in [3.63, 3.8) is 0 Å². The molecule has 0 unspecified atom stereocenters. The molecule has 0 radical (unpaired) electrons. The van der Waals surface area contributed by atoms with Gasteiger partial charge in [0.2, 0.25) is 11.8 Å². The lowest BCUT2D eigenvalue weighted by Gasteiger charge is -2.37. The second-order valence-corrected chi connectivity index (χ2v) is 9.00. The van der Waals surface area contributed by atoms with Gasteiger partial charge >= 0.3 is 5.97 Å². The van der Waals surface area contributed by atoms with E-state index in [9.17, 15) is 14.4 Å². The highest BCUT2D eigenvalue weighted by Gasteiger charge is 2.67. The van der Waals surface area contributed by atoms with Crippen LogP contribution in [0.3, 0.4) is 0 Å². The van der Waals surface area contributed by atoms with Gasteiger partial charge in [-0.15, -0.1) is 0 Å². The van der Waals surface area contributed by atoms with Crippen LogP contribution in [0.1, 0.15) is 16.8 Å². The second kappa shape index (κ2) is 6.29. The Balaban J connectivity index is 1.28. The summed E-state index contributed by atoms with van der Waals surface area (Å²) in [6, 6.07) is 13.0. The van der Waals surface area contributed by atoms with Crippen LogP contribution < -0.4 is 9.64 Å². The summed E-state index contributed by atoms with van der Waals surface area (Å²) in [5.74, 6) is 0.457. The van der Waals surface area contributed by atoms with Gasteiger partial charge < -0.3 is 4.74 Å². The number of amides is 2. The third kappa shape index (κ3) is 2.51. The van der Waals surface area contributed by atoms with Gasteiger partial charge in [0, 0.05) is 5.02 Å². The standard InChI is InChI=1S/C24H18ClNO4/c25-13-4-6-15(7-5-13)30-24(29)12-2-1-3-14(10-12)26-22(27)20-16-8-9-17(19-11-18(16)19)21(20)23(26)28/h1-10,16-21H,11H2/t16-,17-,18-,19-,20-,21+/m0/s1. The van der Waals surface area contributed by atoms with E-state index in [1.54, 1.807) is 48.5 Å². The molecular weight excluding hydrogens is 402 g/mol. The molecule has 0 N–H and O–H groups in total. The predicted molar refractivity (Wildman–Crippen MR) is 110 cm³/mol. The first-order valence-corrected chi connectivity index (χ1v) is 10.5. The fourth-order valence-corrected chi connectivity index (χ4v) is 5.78. The molecule has 7 rings (SSSR count). The average molecular weight is 420 g/mol. The topological polar surface area (TPSA) is 63.7 Å². The minimum absolute atomic E-state index is 0.141. The van der Waals surface area contributed by atoms with Gasteiger partial charge in [-0.2, -0.15) is 0 Å². The SMILES string of the molecule is O=C(Oc1ccc(Cl)cc1)c1cccc(N2C(=O)[C@@H]3[C@H]4C=C[C@@H]([C@@H]5C[C@@H]45)[C@@H]3C2=O)c1. The largest absolute Gasteiger partial charge is 0.423 e. The van der Waals surface area contributed by atoms with E-state index in [4.69, 9.17) is 16.3 Å². The normalized spacial score (nSPS) is 32.8. The van der Waals surface area contributed by atoms with Crippen molar-refractivity contribution in [3.05, 3.63) is 71.3 Å². The van der Waals surface area contributed by atoms with Crippen LogP contribution in [0.15, 0.2) is 60.7 Å². The summed E-state index contributed by atoms with van der Waals surface area (Å²) in [6.07, 6.45) is 5.42. The molecule has 1 saturated heterocycles. The number of anilines is 1. The summed E-state index contributed by atoms with van der Waals surface area (Å²) in [7, 11) is 0. The Morgan fingerprint density at radius 3 is 2.20 bits per heavy atom. The number of carbonyl (C=O) groups excluding carboxylic acids is 3. The molecule has 3 fully saturated rings. The van der Waals surface area contributed by atoms with Gasteiger partial charge in [-0.3, -0.25) is 9.59 Å². The van der Waals surface area contributed by atoms with Gasteiger partial charge in [-0.25, -0.2) is 9.69 Å². The van der Waals surface area contributed by atoms with Crippen molar-refractivity contribution in [2.45, 2.75) is 6.42 Å². The van der Waals surface area contributed by atoms with E-state index in [1.807, 2.05) is 0 Å². The number of halogens is 1. The zero-order valence-electron chi connectivity index (χ0n) is 15.9. The lowest BCUT2D eigenvalue weighted by molar-refractivity contribution is -0.124. The van der Waals surface area contributed by atoms with Crippen molar-refractivity contribution in [3.8, 4) is 5.75 Å². The quantitative estimate of drug-likeness (QED) is 0.325. The summed E-state index contributed by atoms with van der Waals surface area (Å²) < 4.78 is 5.39. The Hall–Kier alpha value is -2.92. The van der Waals surface area contributed by atoms with E-state index in [1.165, 1.54) is 4.90 Å². The maximum atomic E-state index is 13.3. The Morgan fingerprint density at radius 1 is 0.933 bits per heavy atom. The Morgan fingerprint density at radius 2 is 1.57 bits per heavy atom. The van der Waals surface area contributed by atoms with Crippen molar-refractivity contribution in [2.24, 2.45) is 35.5 Å². The Labute approximate surface area is 178 Å². The van der Waals surface area contributed by atoms with Crippen LogP contribution >= 0.6 is 11.6 Å². The van der Waals surface area contributed by atoms with Crippen molar-refractivity contribution < 1.29 is 19.1 Å². The number of nitrogens with zero attached hydrogens (tertiary/aromatic N) is 1. The van der Waals surface area contributed by atoms with Gasteiger partial charge in [-0.05, 0) is 72.6 Å². The minimum atomic E-state index is -0.557. The summed E-state index contributed by atoms with van der Waals surface area (Å²) in [5, 5.41) is 0.547. The van der Waals surface area contributed by atoms with Crippen molar-refractivity contribution in [2.75, 3.05) is 4.90 Å². The zero-order valence-corrected chi connectivity index (χ0v) is 16.7. The molecule has 2 aromatic carbocycles. The van der Waals surface area contributed by atoms with Crippen molar-refractivity contribution >= 4 is 35.1 Å². The molecule has 5 nitrogen and oxygen atoms in total. The fourth-order valence-electron chi connectivity index (χ4n) is 5.65. The van der Waals surface area contributed by atoms with E-state index in [0.717, 1.165) is 6.42 Å². The number of benzene rings is 2. The van der Waals surface area contributed by atoms with E-state index in [-0.39, 0.29) is 41.0 Å². The summed E-state index contributed by atoms with van der Waals surface area (Å²) >= 11 is 5.86.